The third-order valence-electron chi connectivity index (χ3n) is 7.63. The molecular formula is C28H28F2N8. The van der Waals surface area contributed by atoms with Crippen molar-refractivity contribution in [3.63, 3.8) is 0 Å². The van der Waals surface area contributed by atoms with Gasteiger partial charge in [0.2, 0.25) is 0 Å². The zero-order valence-corrected chi connectivity index (χ0v) is 20.9. The molecule has 38 heavy (non-hydrogen) atoms. The fourth-order valence-corrected chi connectivity index (χ4v) is 5.72. The van der Waals surface area contributed by atoms with Crippen LogP contribution in [0.25, 0.3) is 44.5 Å². The molecule has 2 aliphatic heterocycles. The zero-order valence-electron chi connectivity index (χ0n) is 20.9. The molecule has 10 heteroatoms. The van der Waals surface area contributed by atoms with Crippen LogP contribution in [-0.2, 0) is 6.54 Å². The molecule has 7 heterocycles. The molecule has 2 aliphatic rings. The maximum Gasteiger partial charge on any atom is 0.261 e. The van der Waals surface area contributed by atoms with E-state index in [4.69, 9.17) is 4.98 Å². The minimum atomic E-state index is -2.61. The number of pyridine rings is 3. The Balaban J connectivity index is 1.22. The summed E-state index contributed by atoms with van der Waals surface area (Å²) in [5.41, 5.74) is 6.08. The van der Waals surface area contributed by atoms with Gasteiger partial charge >= 0.3 is 0 Å². The number of hydrogen-bond donors (Lipinski definition) is 2. The summed E-state index contributed by atoms with van der Waals surface area (Å²) in [6.07, 6.45) is 10.7. The van der Waals surface area contributed by atoms with Crippen molar-refractivity contribution >= 4 is 27.6 Å². The quantitative estimate of drug-likeness (QED) is 0.327. The summed E-state index contributed by atoms with van der Waals surface area (Å²) >= 11 is 0. The lowest BCUT2D eigenvalue weighted by molar-refractivity contribution is 0.0115. The number of nitrogens with one attached hydrogen (secondary N) is 2. The molecule has 7 rings (SSSR count). The lowest BCUT2D eigenvalue weighted by atomic mass is 10.1. The van der Waals surface area contributed by atoms with E-state index < -0.39 is 5.92 Å². The van der Waals surface area contributed by atoms with E-state index in [1.807, 2.05) is 24.4 Å². The molecule has 0 aliphatic carbocycles. The molecule has 0 unspecified atom stereocenters. The second-order valence-corrected chi connectivity index (χ2v) is 10.4. The standard InChI is InChI=1S/C28H28F2N8/c29-28(30)5-9-37(17-28)16-18-10-19(14-31-13-18)23-11-20-25(15-33-23)35-36-26(20)24-12-21-22(34-24)4-6-32-27(21)38-7-2-1-3-8-38/h4,6,10-15,34H,1-3,5,7-9,16-17H2,(H,35,36). The first kappa shape index (κ1) is 23.2. The number of H-pyrrole nitrogens is 2. The molecule has 5 aromatic heterocycles. The van der Waals surface area contributed by atoms with Gasteiger partial charge in [-0.2, -0.15) is 5.10 Å². The van der Waals surface area contributed by atoms with Crippen molar-refractivity contribution in [1.29, 1.82) is 0 Å². The van der Waals surface area contributed by atoms with Crippen LogP contribution in [-0.4, -0.2) is 67.1 Å². The van der Waals surface area contributed by atoms with Crippen molar-refractivity contribution in [2.24, 2.45) is 0 Å². The summed E-state index contributed by atoms with van der Waals surface area (Å²) in [5, 5.41) is 9.76. The Bertz CT molecular complexity index is 1620. The van der Waals surface area contributed by atoms with Gasteiger partial charge in [0.05, 0.1) is 35.2 Å². The van der Waals surface area contributed by atoms with Crippen molar-refractivity contribution < 1.29 is 8.78 Å². The van der Waals surface area contributed by atoms with Gasteiger partial charge in [-0.25, -0.2) is 13.8 Å². The van der Waals surface area contributed by atoms with E-state index in [1.165, 1.54) is 19.3 Å². The first-order valence-corrected chi connectivity index (χ1v) is 13.1. The third-order valence-corrected chi connectivity index (χ3v) is 7.63. The number of hydrogen-bond acceptors (Lipinski definition) is 6. The van der Waals surface area contributed by atoms with Crippen LogP contribution >= 0.6 is 0 Å². The SMILES string of the molecule is FC1(F)CCN(Cc2cncc(-c3cc4c(-c5cc6c(N7CCCCC7)nccc6[nH]5)n[nH]c4cn3)c2)C1. The van der Waals surface area contributed by atoms with Gasteiger partial charge < -0.3 is 9.88 Å². The Morgan fingerprint density at radius 3 is 2.66 bits per heavy atom. The van der Waals surface area contributed by atoms with Gasteiger partial charge in [0.25, 0.3) is 5.92 Å². The normalized spacial score (nSPS) is 18.1. The van der Waals surface area contributed by atoms with E-state index in [2.05, 4.69) is 36.1 Å². The summed E-state index contributed by atoms with van der Waals surface area (Å²) in [6.45, 7) is 2.68. The second kappa shape index (κ2) is 9.13. The number of rotatable bonds is 5. The highest BCUT2D eigenvalue weighted by Gasteiger charge is 2.37. The average Bonchev–Trinajstić information content (AvgIpc) is 3.64. The summed E-state index contributed by atoms with van der Waals surface area (Å²) in [4.78, 5) is 21.4. The molecule has 2 fully saturated rings. The first-order chi connectivity index (χ1) is 18.5. The average molecular weight is 515 g/mol. The molecule has 0 atom stereocenters. The van der Waals surface area contributed by atoms with Crippen molar-refractivity contribution in [3.05, 3.63) is 54.6 Å². The largest absolute Gasteiger partial charge is 0.356 e. The molecule has 5 aromatic rings. The van der Waals surface area contributed by atoms with Gasteiger partial charge in [-0.3, -0.25) is 20.0 Å². The molecule has 0 amide bonds. The highest BCUT2D eigenvalue weighted by Crippen LogP contribution is 2.34. The number of piperidine rings is 1. The van der Waals surface area contributed by atoms with Crippen molar-refractivity contribution in [2.45, 2.75) is 38.2 Å². The summed E-state index contributed by atoms with van der Waals surface area (Å²) in [6, 6.07) is 8.13. The summed E-state index contributed by atoms with van der Waals surface area (Å²) in [5.74, 6) is -1.59. The number of nitrogens with zero attached hydrogens (tertiary/aromatic N) is 6. The molecule has 0 radical (unpaired) electrons. The maximum atomic E-state index is 13.6. The molecule has 2 saturated heterocycles. The molecule has 2 N–H and O–H groups in total. The highest BCUT2D eigenvalue weighted by atomic mass is 19.3. The van der Waals surface area contributed by atoms with Gasteiger partial charge in [-0.15, -0.1) is 0 Å². The second-order valence-electron chi connectivity index (χ2n) is 10.4. The number of halogens is 2. The number of anilines is 1. The Kier molecular flexibility index (Phi) is 5.57. The van der Waals surface area contributed by atoms with Crippen LogP contribution in [0.5, 0.6) is 0 Å². The molecule has 8 nitrogen and oxygen atoms in total. The Morgan fingerprint density at radius 1 is 0.921 bits per heavy atom. The number of aromatic nitrogens is 6. The monoisotopic (exact) mass is 514 g/mol. The van der Waals surface area contributed by atoms with Crippen molar-refractivity contribution in [3.8, 4) is 22.6 Å². The topological polar surface area (TPSA) is 89.6 Å². The van der Waals surface area contributed by atoms with Gasteiger partial charge in [-0.1, -0.05) is 0 Å². The molecular weight excluding hydrogens is 486 g/mol. The van der Waals surface area contributed by atoms with E-state index in [0.29, 0.717) is 13.1 Å². The number of fused-ring (bicyclic) bond motifs is 2. The van der Waals surface area contributed by atoms with E-state index >= 15 is 0 Å². The minimum absolute atomic E-state index is 0.0923. The zero-order chi connectivity index (χ0) is 25.7. The molecule has 0 saturated carbocycles. The minimum Gasteiger partial charge on any atom is -0.356 e. The summed E-state index contributed by atoms with van der Waals surface area (Å²) in [7, 11) is 0. The Morgan fingerprint density at radius 2 is 1.82 bits per heavy atom. The number of aromatic amines is 2. The van der Waals surface area contributed by atoms with Gasteiger partial charge in [0, 0.05) is 67.5 Å². The van der Waals surface area contributed by atoms with Gasteiger partial charge in [0.15, 0.2) is 0 Å². The van der Waals surface area contributed by atoms with Crippen LogP contribution in [0.4, 0.5) is 14.6 Å². The lowest BCUT2D eigenvalue weighted by Crippen LogP contribution is -2.30. The Labute approximate surface area is 218 Å². The van der Waals surface area contributed by atoms with Crippen LogP contribution in [0.15, 0.2) is 49.1 Å². The molecule has 0 aromatic carbocycles. The van der Waals surface area contributed by atoms with E-state index in [-0.39, 0.29) is 13.0 Å². The van der Waals surface area contributed by atoms with E-state index in [1.54, 1.807) is 23.5 Å². The molecule has 194 valence electrons. The predicted octanol–water partition coefficient (Wildman–Crippen LogP) is 5.39. The first-order valence-electron chi connectivity index (χ1n) is 13.1. The van der Waals surface area contributed by atoms with Crippen LogP contribution < -0.4 is 4.90 Å². The van der Waals surface area contributed by atoms with Crippen LogP contribution in [0.2, 0.25) is 0 Å². The van der Waals surface area contributed by atoms with Gasteiger partial charge in [0.1, 0.15) is 11.5 Å². The van der Waals surface area contributed by atoms with E-state index in [0.717, 1.165) is 68.9 Å². The van der Waals surface area contributed by atoms with Crippen LogP contribution in [0.3, 0.4) is 0 Å². The third kappa shape index (κ3) is 4.28. The highest BCUT2D eigenvalue weighted by molar-refractivity contribution is 5.99. The van der Waals surface area contributed by atoms with Crippen molar-refractivity contribution in [1.82, 2.24) is 35.0 Å². The molecule has 0 bridgehead atoms. The number of likely N-dealkylation sites (tertiary alicyclic amines) is 1. The maximum absolute atomic E-state index is 13.6. The Hall–Kier alpha value is -3.92. The fourth-order valence-electron chi connectivity index (χ4n) is 5.72. The predicted molar refractivity (Wildman–Crippen MR) is 143 cm³/mol. The van der Waals surface area contributed by atoms with Gasteiger partial charge in [-0.05, 0) is 49.1 Å². The number of alkyl halides is 2. The molecule has 0 spiro atoms. The van der Waals surface area contributed by atoms with Crippen molar-refractivity contribution in [2.75, 3.05) is 31.1 Å². The summed E-state index contributed by atoms with van der Waals surface area (Å²) < 4.78 is 27.3. The van der Waals surface area contributed by atoms with Crippen LogP contribution in [0, 0.1) is 0 Å². The lowest BCUT2D eigenvalue weighted by Gasteiger charge is -2.28. The van der Waals surface area contributed by atoms with Crippen LogP contribution in [0.1, 0.15) is 31.2 Å². The van der Waals surface area contributed by atoms with E-state index in [9.17, 15) is 8.78 Å². The smallest absolute Gasteiger partial charge is 0.261 e. The fraction of sp³-hybridized carbons (Fsp3) is 0.357.